The molecule has 0 fully saturated rings. The van der Waals surface area contributed by atoms with Crippen molar-refractivity contribution in [1.82, 2.24) is 10.2 Å². The summed E-state index contributed by atoms with van der Waals surface area (Å²) in [4.78, 5) is 0.0352. The van der Waals surface area contributed by atoms with Crippen molar-refractivity contribution >= 4 is 15.8 Å². The number of aromatic nitrogens is 2. The summed E-state index contributed by atoms with van der Waals surface area (Å²) in [6, 6.07) is 5.17. The average molecular weight is 297 g/mol. The van der Waals surface area contributed by atoms with E-state index in [-0.39, 0.29) is 16.6 Å². The third-order valence-corrected chi connectivity index (χ3v) is 4.40. The highest BCUT2D eigenvalue weighted by molar-refractivity contribution is 7.92. The van der Waals surface area contributed by atoms with Gasteiger partial charge in [0.2, 0.25) is 0 Å². The van der Waals surface area contributed by atoms with Crippen LogP contribution in [0.5, 0.6) is 0 Å². The van der Waals surface area contributed by atoms with Gasteiger partial charge in [-0.1, -0.05) is 13.8 Å². The van der Waals surface area contributed by atoms with Crippen molar-refractivity contribution in [2.45, 2.75) is 31.6 Å². The first-order chi connectivity index (χ1) is 9.29. The molecule has 20 heavy (non-hydrogen) atoms. The molecule has 0 amide bonds. The van der Waals surface area contributed by atoms with Gasteiger partial charge >= 0.3 is 0 Å². The predicted molar refractivity (Wildman–Crippen MR) is 74.6 cm³/mol. The summed E-state index contributed by atoms with van der Waals surface area (Å²) in [7, 11) is -3.77. The highest BCUT2D eigenvalue weighted by Gasteiger charge is 2.19. The number of anilines is 1. The number of sulfonamides is 1. The van der Waals surface area contributed by atoms with E-state index in [1.165, 1.54) is 12.1 Å². The Morgan fingerprint density at radius 1 is 1.30 bits per heavy atom. The van der Waals surface area contributed by atoms with E-state index in [0.29, 0.717) is 5.56 Å². The second-order valence-corrected chi connectivity index (χ2v) is 6.53. The zero-order chi connectivity index (χ0) is 14.9. The molecule has 0 radical (unpaired) electrons. The second kappa shape index (κ2) is 5.24. The lowest BCUT2D eigenvalue weighted by molar-refractivity contribution is 0.598. The summed E-state index contributed by atoms with van der Waals surface area (Å²) in [5.41, 5.74) is 1.18. The molecule has 1 aromatic heterocycles. The topological polar surface area (TPSA) is 74.8 Å². The van der Waals surface area contributed by atoms with E-state index in [4.69, 9.17) is 0 Å². The van der Waals surface area contributed by atoms with Crippen molar-refractivity contribution in [2.24, 2.45) is 0 Å². The minimum absolute atomic E-state index is 0.0352. The molecular weight excluding hydrogens is 281 g/mol. The van der Waals surface area contributed by atoms with Crippen molar-refractivity contribution in [3.05, 3.63) is 41.3 Å². The first kappa shape index (κ1) is 14.5. The van der Waals surface area contributed by atoms with Crippen LogP contribution in [0.1, 0.15) is 31.0 Å². The molecule has 0 unspecified atom stereocenters. The predicted octanol–water partition coefficient (Wildman–Crippen LogP) is 2.78. The highest BCUT2D eigenvalue weighted by Crippen LogP contribution is 2.21. The Bertz CT molecular complexity index is 723. The minimum atomic E-state index is -3.77. The van der Waals surface area contributed by atoms with Crippen LogP contribution in [0, 0.1) is 12.7 Å². The van der Waals surface area contributed by atoms with Gasteiger partial charge in [0.25, 0.3) is 10.0 Å². The number of hydrogen-bond donors (Lipinski definition) is 2. The van der Waals surface area contributed by atoms with Gasteiger partial charge in [-0.25, -0.2) is 12.8 Å². The van der Waals surface area contributed by atoms with Gasteiger partial charge in [-0.15, -0.1) is 0 Å². The lowest BCUT2D eigenvalue weighted by atomic mass is 10.1. The van der Waals surface area contributed by atoms with Gasteiger partial charge < -0.3 is 0 Å². The molecule has 7 heteroatoms. The van der Waals surface area contributed by atoms with E-state index >= 15 is 0 Å². The van der Waals surface area contributed by atoms with Gasteiger partial charge in [-0.3, -0.25) is 9.82 Å². The smallest absolute Gasteiger partial charge is 0.263 e. The molecule has 2 rings (SSSR count). The molecule has 0 aliphatic heterocycles. The third kappa shape index (κ3) is 2.98. The first-order valence-electron chi connectivity index (χ1n) is 6.14. The molecule has 0 saturated heterocycles. The molecule has 2 aromatic rings. The first-order valence-corrected chi connectivity index (χ1v) is 7.62. The Kier molecular flexibility index (Phi) is 3.80. The van der Waals surface area contributed by atoms with Crippen LogP contribution >= 0.6 is 0 Å². The number of nitrogens with one attached hydrogen (secondary N) is 2. The van der Waals surface area contributed by atoms with Crippen LogP contribution in [-0.2, 0) is 10.0 Å². The summed E-state index contributed by atoms with van der Waals surface area (Å²) in [5, 5.41) is 6.67. The SMILES string of the molecule is Cc1cc(F)ccc1S(=O)(=O)Nc1cc(C(C)C)[nH]n1. The molecule has 0 aliphatic carbocycles. The van der Waals surface area contributed by atoms with Crippen LogP contribution in [0.25, 0.3) is 0 Å². The molecule has 0 atom stereocenters. The van der Waals surface area contributed by atoms with E-state index in [2.05, 4.69) is 14.9 Å². The fourth-order valence-corrected chi connectivity index (χ4v) is 3.01. The van der Waals surface area contributed by atoms with Crippen LogP contribution in [0.3, 0.4) is 0 Å². The molecule has 0 spiro atoms. The quantitative estimate of drug-likeness (QED) is 0.911. The molecule has 1 heterocycles. The molecule has 0 saturated carbocycles. The van der Waals surface area contributed by atoms with Gasteiger partial charge in [0.1, 0.15) is 5.82 Å². The molecule has 0 aliphatic rings. The normalized spacial score (nSPS) is 11.8. The van der Waals surface area contributed by atoms with Crippen molar-refractivity contribution in [2.75, 3.05) is 4.72 Å². The highest BCUT2D eigenvalue weighted by atomic mass is 32.2. The van der Waals surface area contributed by atoms with E-state index in [1.54, 1.807) is 13.0 Å². The van der Waals surface area contributed by atoms with Crippen molar-refractivity contribution in [3.63, 3.8) is 0 Å². The average Bonchev–Trinajstić information content (AvgIpc) is 2.76. The van der Waals surface area contributed by atoms with Gasteiger partial charge in [0.15, 0.2) is 5.82 Å². The van der Waals surface area contributed by atoms with Crippen LogP contribution in [-0.4, -0.2) is 18.6 Å². The third-order valence-electron chi connectivity index (χ3n) is 2.89. The van der Waals surface area contributed by atoms with Gasteiger partial charge in [0, 0.05) is 11.8 Å². The number of rotatable bonds is 4. The zero-order valence-corrected chi connectivity index (χ0v) is 12.3. The molecule has 0 bridgehead atoms. The maximum absolute atomic E-state index is 13.0. The minimum Gasteiger partial charge on any atom is -0.280 e. The second-order valence-electron chi connectivity index (χ2n) is 4.88. The standard InChI is InChI=1S/C13H16FN3O2S/c1-8(2)11-7-13(16-15-11)17-20(18,19)12-5-4-10(14)6-9(12)3/h4-8H,1-3H3,(H2,15,16,17). The van der Waals surface area contributed by atoms with Crippen molar-refractivity contribution in [1.29, 1.82) is 0 Å². The van der Waals surface area contributed by atoms with Crippen molar-refractivity contribution in [3.8, 4) is 0 Å². The Labute approximate surface area is 117 Å². The molecule has 1 aromatic carbocycles. The van der Waals surface area contributed by atoms with Crippen LogP contribution in [0.4, 0.5) is 10.2 Å². The summed E-state index contributed by atoms with van der Waals surface area (Å²) in [6.45, 7) is 5.48. The van der Waals surface area contributed by atoms with Crippen LogP contribution in [0.15, 0.2) is 29.2 Å². The van der Waals surface area contributed by atoms with E-state index in [9.17, 15) is 12.8 Å². The van der Waals surface area contributed by atoms with E-state index < -0.39 is 15.8 Å². The number of H-pyrrole nitrogens is 1. The Hall–Kier alpha value is -1.89. The Morgan fingerprint density at radius 3 is 2.55 bits per heavy atom. The Morgan fingerprint density at radius 2 is 2.00 bits per heavy atom. The van der Waals surface area contributed by atoms with Crippen molar-refractivity contribution < 1.29 is 12.8 Å². The number of aromatic amines is 1. The molecule has 5 nitrogen and oxygen atoms in total. The zero-order valence-electron chi connectivity index (χ0n) is 11.4. The number of halogens is 1. The Balaban J connectivity index is 2.30. The number of hydrogen-bond acceptors (Lipinski definition) is 3. The van der Waals surface area contributed by atoms with Gasteiger partial charge in [0.05, 0.1) is 4.90 Å². The summed E-state index contributed by atoms with van der Waals surface area (Å²) in [6.07, 6.45) is 0. The maximum Gasteiger partial charge on any atom is 0.263 e. The fourth-order valence-electron chi connectivity index (χ4n) is 1.79. The number of aryl methyl sites for hydroxylation is 1. The summed E-state index contributed by atoms with van der Waals surface area (Å²) in [5.74, 6) is -0.0333. The molecule has 2 N–H and O–H groups in total. The van der Waals surface area contributed by atoms with Gasteiger partial charge in [-0.2, -0.15) is 5.10 Å². The van der Waals surface area contributed by atoms with Gasteiger partial charge in [-0.05, 0) is 36.6 Å². The monoisotopic (exact) mass is 297 g/mol. The van der Waals surface area contributed by atoms with Crippen LogP contribution < -0.4 is 4.72 Å². The lowest BCUT2D eigenvalue weighted by Crippen LogP contribution is -2.14. The summed E-state index contributed by atoms with van der Waals surface area (Å²) >= 11 is 0. The van der Waals surface area contributed by atoms with Crippen LogP contribution in [0.2, 0.25) is 0 Å². The van der Waals surface area contributed by atoms with E-state index in [1.807, 2.05) is 13.8 Å². The lowest BCUT2D eigenvalue weighted by Gasteiger charge is -2.08. The van der Waals surface area contributed by atoms with E-state index in [0.717, 1.165) is 11.8 Å². The fraction of sp³-hybridized carbons (Fsp3) is 0.308. The summed E-state index contributed by atoms with van der Waals surface area (Å²) < 4.78 is 39.9. The number of benzene rings is 1. The maximum atomic E-state index is 13.0. The largest absolute Gasteiger partial charge is 0.280 e. The molecule has 108 valence electrons. The number of nitrogens with zero attached hydrogens (tertiary/aromatic N) is 1. The molecular formula is C13H16FN3O2S.